The van der Waals surface area contributed by atoms with Gasteiger partial charge in [0.2, 0.25) is 0 Å². The third kappa shape index (κ3) is 4.94. The Morgan fingerprint density at radius 1 is 1.00 bits per heavy atom. The van der Waals surface area contributed by atoms with E-state index in [1.165, 1.54) is 4.90 Å². The van der Waals surface area contributed by atoms with Crippen LogP contribution >= 0.6 is 0 Å². The van der Waals surface area contributed by atoms with E-state index < -0.39 is 17.7 Å². The first-order valence-electron chi connectivity index (χ1n) is 13.2. The summed E-state index contributed by atoms with van der Waals surface area (Å²) in [5, 5.41) is 11.5. The van der Waals surface area contributed by atoms with Gasteiger partial charge in [0.15, 0.2) is 0 Å². The Morgan fingerprint density at radius 3 is 2.62 bits per heavy atom. The highest BCUT2D eigenvalue weighted by atomic mass is 16.5. The smallest absolute Gasteiger partial charge is 0.295 e. The number of aromatic nitrogens is 1. The largest absolute Gasteiger partial charge is 0.507 e. The molecule has 1 aromatic heterocycles. The normalized spacial score (nSPS) is 19.4. The third-order valence-corrected chi connectivity index (χ3v) is 7.21. The molecule has 3 aromatic carbocycles. The van der Waals surface area contributed by atoms with Gasteiger partial charge in [0.25, 0.3) is 11.7 Å². The lowest BCUT2D eigenvalue weighted by Crippen LogP contribution is -2.29. The van der Waals surface area contributed by atoms with Gasteiger partial charge in [0.1, 0.15) is 30.0 Å². The molecule has 1 saturated heterocycles. The number of Topliss-reactive ketones (excluding diaryl/α,β-unsaturated/α-hetero) is 1. The summed E-state index contributed by atoms with van der Waals surface area (Å²) in [4.78, 5) is 32.6. The molecule has 0 unspecified atom stereocenters. The summed E-state index contributed by atoms with van der Waals surface area (Å²) in [6.07, 6.45) is 4.06. The van der Waals surface area contributed by atoms with E-state index in [1.54, 1.807) is 30.6 Å². The molecule has 1 amide bonds. The number of aliphatic hydroxyl groups is 1. The van der Waals surface area contributed by atoms with Gasteiger partial charge < -0.3 is 19.5 Å². The van der Waals surface area contributed by atoms with Crippen LogP contribution in [0.2, 0.25) is 0 Å². The number of fused-ring (bicyclic) bond motifs is 1. The van der Waals surface area contributed by atoms with Crippen LogP contribution in [-0.4, -0.2) is 32.8 Å². The number of carbonyl (C=O) groups excluding carboxylic acids is 2. The minimum atomic E-state index is -0.816. The number of ketones is 1. The van der Waals surface area contributed by atoms with Gasteiger partial charge in [0, 0.05) is 30.9 Å². The van der Waals surface area contributed by atoms with Crippen molar-refractivity contribution in [1.29, 1.82) is 0 Å². The van der Waals surface area contributed by atoms with E-state index in [-0.39, 0.29) is 24.0 Å². The minimum Gasteiger partial charge on any atom is -0.507 e. The van der Waals surface area contributed by atoms with Crippen molar-refractivity contribution < 1.29 is 24.2 Å². The average molecular weight is 533 g/mol. The Kier molecular flexibility index (Phi) is 6.78. The predicted octanol–water partition coefficient (Wildman–Crippen LogP) is 5.61. The Hall–Kier alpha value is -4.91. The molecular weight excluding hydrogens is 504 g/mol. The van der Waals surface area contributed by atoms with Crippen molar-refractivity contribution in [2.75, 3.05) is 0 Å². The second kappa shape index (κ2) is 10.7. The van der Waals surface area contributed by atoms with E-state index in [2.05, 4.69) is 4.98 Å². The van der Waals surface area contributed by atoms with Gasteiger partial charge >= 0.3 is 0 Å². The fourth-order valence-corrected chi connectivity index (χ4v) is 5.32. The number of aliphatic hydroxyl groups excluding tert-OH is 1. The Morgan fingerprint density at radius 2 is 1.82 bits per heavy atom. The lowest BCUT2D eigenvalue weighted by Gasteiger charge is -2.25. The van der Waals surface area contributed by atoms with Gasteiger partial charge in [-0.05, 0) is 65.6 Å². The molecule has 0 saturated carbocycles. The van der Waals surface area contributed by atoms with E-state index in [0.717, 1.165) is 22.4 Å². The standard InChI is InChI=1S/C33H28N2O5/c1-21-15-26-16-25(12-13-28(26)40-21)31(36)29-30(35(33(38)32(29)37)19-23-9-6-14-34-18-23)24-10-5-11-27(17-24)39-20-22-7-3-2-4-8-22/h2-14,16-18,21,30,36H,15,19-20H2,1H3/b31-29+/t21-,30-/m0/s1. The first-order valence-corrected chi connectivity index (χ1v) is 13.2. The molecular formula is C33H28N2O5. The van der Waals surface area contributed by atoms with E-state index >= 15 is 0 Å². The summed E-state index contributed by atoms with van der Waals surface area (Å²) < 4.78 is 11.8. The lowest BCUT2D eigenvalue weighted by atomic mass is 9.94. The van der Waals surface area contributed by atoms with E-state index in [1.807, 2.05) is 73.7 Å². The zero-order chi connectivity index (χ0) is 27.6. The quantitative estimate of drug-likeness (QED) is 0.189. The molecule has 1 N–H and O–H groups in total. The van der Waals surface area contributed by atoms with Gasteiger partial charge in [-0.1, -0.05) is 48.5 Å². The summed E-state index contributed by atoms with van der Waals surface area (Å²) in [6, 6.07) is 25.3. The molecule has 0 spiro atoms. The summed E-state index contributed by atoms with van der Waals surface area (Å²) in [5.41, 5.74) is 3.92. The van der Waals surface area contributed by atoms with Crippen LogP contribution in [0.4, 0.5) is 0 Å². The molecule has 7 nitrogen and oxygen atoms in total. The molecule has 7 heteroatoms. The molecule has 2 atom stereocenters. The highest BCUT2D eigenvalue weighted by Crippen LogP contribution is 2.42. The van der Waals surface area contributed by atoms with Crippen molar-refractivity contribution in [3.63, 3.8) is 0 Å². The van der Waals surface area contributed by atoms with E-state index in [9.17, 15) is 14.7 Å². The number of nitrogens with zero attached hydrogens (tertiary/aromatic N) is 2. The monoisotopic (exact) mass is 532 g/mol. The van der Waals surface area contributed by atoms with Crippen LogP contribution in [0, 0.1) is 0 Å². The molecule has 2 aliphatic heterocycles. The van der Waals surface area contributed by atoms with Crippen LogP contribution in [0.15, 0.2) is 103 Å². The second-order valence-electron chi connectivity index (χ2n) is 10.1. The van der Waals surface area contributed by atoms with Gasteiger partial charge in [-0.2, -0.15) is 0 Å². The van der Waals surface area contributed by atoms with Crippen molar-refractivity contribution in [2.24, 2.45) is 0 Å². The molecule has 200 valence electrons. The van der Waals surface area contributed by atoms with Crippen molar-refractivity contribution in [1.82, 2.24) is 9.88 Å². The number of rotatable bonds is 7. The van der Waals surface area contributed by atoms with Crippen molar-refractivity contribution in [3.05, 3.63) is 131 Å². The number of ether oxygens (including phenoxy) is 2. The maximum absolute atomic E-state index is 13.5. The number of carbonyl (C=O) groups is 2. The Labute approximate surface area is 232 Å². The number of pyridine rings is 1. The molecule has 6 rings (SSSR count). The molecule has 2 aliphatic rings. The third-order valence-electron chi connectivity index (χ3n) is 7.21. The number of hydrogen-bond donors (Lipinski definition) is 1. The predicted molar refractivity (Wildman–Crippen MR) is 150 cm³/mol. The van der Waals surface area contributed by atoms with Crippen LogP contribution < -0.4 is 9.47 Å². The Bertz CT molecular complexity index is 1600. The first-order chi connectivity index (χ1) is 19.5. The van der Waals surface area contributed by atoms with Gasteiger partial charge in [-0.15, -0.1) is 0 Å². The van der Waals surface area contributed by atoms with Crippen molar-refractivity contribution in [2.45, 2.75) is 38.6 Å². The highest BCUT2D eigenvalue weighted by Gasteiger charge is 2.46. The maximum atomic E-state index is 13.5. The fourth-order valence-electron chi connectivity index (χ4n) is 5.32. The zero-order valence-electron chi connectivity index (χ0n) is 22.0. The summed E-state index contributed by atoms with van der Waals surface area (Å²) in [7, 11) is 0. The van der Waals surface area contributed by atoms with Crippen molar-refractivity contribution in [3.8, 4) is 11.5 Å². The highest BCUT2D eigenvalue weighted by molar-refractivity contribution is 6.46. The summed E-state index contributed by atoms with van der Waals surface area (Å²) >= 11 is 0. The molecule has 0 aliphatic carbocycles. The molecule has 0 bridgehead atoms. The SMILES string of the molecule is C[C@H]1Cc2cc(/C(O)=C3\C(=O)C(=O)N(Cc4cccnc4)[C@H]3c3cccc(OCc4ccccc4)c3)ccc2O1. The van der Waals surface area contributed by atoms with E-state index in [0.29, 0.717) is 29.9 Å². The first kappa shape index (κ1) is 25.4. The zero-order valence-corrected chi connectivity index (χ0v) is 22.0. The number of benzene rings is 3. The van der Waals surface area contributed by atoms with Gasteiger partial charge in [-0.25, -0.2) is 0 Å². The van der Waals surface area contributed by atoms with Crippen LogP contribution in [0.5, 0.6) is 11.5 Å². The fraction of sp³-hybridized carbons (Fsp3) is 0.182. The second-order valence-corrected chi connectivity index (χ2v) is 10.1. The number of hydrogen-bond acceptors (Lipinski definition) is 6. The number of likely N-dealkylation sites (tertiary alicyclic amines) is 1. The average Bonchev–Trinajstić information content (AvgIpc) is 3.48. The van der Waals surface area contributed by atoms with Gasteiger partial charge in [-0.3, -0.25) is 14.6 Å². The van der Waals surface area contributed by atoms with Crippen LogP contribution in [0.1, 0.15) is 40.8 Å². The number of amides is 1. The molecule has 3 heterocycles. The Balaban J connectivity index is 1.41. The summed E-state index contributed by atoms with van der Waals surface area (Å²) in [6.45, 7) is 2.51. The van der Waals surface area contributed by atoms with Crippen LogP contribution in [0.3, 0.4) is 0 Å². The molecule has 40 heavy (non-hydrogen) atoms. The van der Waals surface area contributed by atoms with Crippen LogP contribution in [-0.2, 0) is 29.2 Å². The topological polar surface area (TPSA) is 89.0 Å². The van der Waals surface area contributed by atoms with Crippen molar-refractivity contribution >= 4 is 17.4 Å². The van der Waals surface area contributed by atoms with Crippen LogP contribution in [0.25, 0.3) is 5.76 Å². The molecule has 0 radical (unpaired) electrons. The maximum Gasteiger partial charge on any atom is 0.295 e. The minimum absolute atomic E-state index is 0.0380. The van der Waals surface area contributed by atoms with E-state index in [4.69, 9.17) is 9.47 Å². The van der Waals surface area contributed by atoms with Gasteiger partial charge in [0.05, 0.1) is 11.6 Å². The summed E-state index contributed by atoms with van der Waals surface area (Å²) in [5.74, 6) is -0.260. The molecule has 1 fully saturated rings. The lowest BCUT2D eigenvalue weighted by molar-refractivity contribution is -0.140. The molecule has 4 aromatic rings.